The fourth-order valence-electron chi connectivity index (χ4n) is 2.55. The molecule has 0 spiro atoms. The lowest BCUT2D eigenvalue weighted by Gasteiger charge is -2.30. The van der Waals surface area contributed by atoms with Crippen molar-refractivity contribution in [3.8, 4) is 11.4 Å². The maximum Gasteiger partial charge on any atom is 0.410 e. The topological polar surface area (TPSA) is 88.2 Å². The van der Waals surface area contributed by atoms with Crippen LogP contribution in [-0.2, 0) is 17.7 Å². The molecule has 2 aromatic rings. The number of ether oxygens (including phenoxy) is 1. The lowest BCUT2D eigenvalue weighted by molar-refractivity contribution is 0.0222. The number of H-pyrrole nitrogens is 1. The van der Waals surface area contributed by atoms with Crippen molar-refractivity contribution in [2.24, 2.45) is 0 Å². The van der Waals surface area contributed by atoms with Gasteiger partial charge in [0.05, 0.1) is 17.8 Å². The summed E-state index contributed by atoms with van der Waals surface area (Å²) in [6.45, 7) is 6.14. The van der Waals surface area contributed by atoms with Gasteiger partial charge in [-0.05, 0) is 32.9 Å². The van der Waals surface area contributed by atoms with Crippen LogP contribution in [0.15, 0.2) is 29.3 Å². The Kier molecular flexibility index (Phi) is 4.09. The number of hydrogen-bond donors (Lipinski definition) is 1. The number of pyridine rings is 1. The lowest BCUT2D eigenvalue weighted by atomic mass is 10.1. The molecule has 0 fully saturated rings. The van der Waals surface area contributed by atoms with Crippen LogP contribution in [0.2, 0.25) is 0 Å². The van der Waals surface area contributed by atoms with Crippen LogP contribution in [0.4, 0.5) is 4.79 Å². The van der Waals surface area contributed by atoms with Gasteiger partial charge in [0.2, 0.25) is 0 Å². The third-order valence-electron chi connectivity index (χ3n) is 3.67. The van der Waals surface area contributed by atoms with Gasteiger partial charge in [-0.1, -0.05) is 0 Å². The van der Waals surface area contributed by atoms with Crippen molar-refractivity contribution in [3.63, 3.8) is 0 Å². The molecule has 3 heterocycles. The van der Waals surface area contributed by atoms with E-state index < -0.39 is 11.7 Å². The summed E-state index contributed by atoms with van der Waals surface area (Å²) in [6, 6.07) is 3.58. The van der Waals surface area contributed by atoms with Gasteiger partial charge in [-0.25, -0.2) is 9.78 Å². The molecule has 2 aromatic heterocycles. The number of aromatic nitrogens is 3. The summed E-state index contributed by atoms with van der Waals surface area (Å²) in [5.74, 6) is 0.520. The Morgan fingerprint density at radius 2 is 2.00 bits per heavy atom. The molecule has 24 heavy (non-hydrogen) atoms. The van der Waals surface area contributed by atoms with E-state index >= 15 is 0 Å². The molecule has 1 N–H and O–H groups in total. The molecule has 0 aromatic carbocycles. The van der Waals surface area contributed by atoms with E-state index in [1.165, 1.54) is 4.90 Å². The first-order chi connectivity index (χ1) is 11.3. The van der Waals surface area contributed by atoms with Crippen LogP contribution in [0, 0.1) is 0 Å². The van der Waals surface area contributed by atoms with Crippen LogP contribution in [0.5, 0.6) is 0 Å². The Hall–Kier alpha value is -2.70. The molecule has 0 unspecified atom stereocenters. The van der Waals surface area contributed by atoms with Crippen molar-refractivity contribution in [1.82, 2.24) is 19.9 Å². The van der Waals surface area contributed by atoms with Gasteiger partial charge >= 0.3 is 6.09 Å². The third kappa shape index (κ3) is 3.45. The number of amides is 1. The highest BCUT2D eigenvalue weighted by molar-refractivity contribution is 5.68. The second kappa shape index (κ2) is 6.07. The van der Waals surface area contributed by atoms with Gasteiger partial charge in [0.25, 0.3) is 5.56 Å². The van der Waals surface area contributed by atoms with Crippen LogP contribution in [0.25, 0.3) is 11.4 Å². The predicted molar refractivity (Wildman–Crippen MR) is 88.4 cm³/mol. The molecule has 0 saturated heterocycles. The lowest BCUT2D eigenvalue weighted by Crippen LogP contribution is -2.42. The van der Waals surface area contributed by atoms with Crippen LogP contribution >= 0.6 is 0 Å². The molecule has 126 valence electrons. The zero-order valence-electron chi connectivity index (χ0n) is 14.0. The quantitative estimate of drug-likeness (QED) is 0.866. The molecule has 7 heteroatoms. The third-order valence-corrected chi connectivity index (χ3v) is 3.67. The van der Waals surface area contributed by atoms with E-state index in [2.05, 4.69) is 15.0 Å². The molecule has 1 aliphatic rings. The highest BCUT2D eigenvalue weighted by Gasteiger charge is 2.28. The molecule has 0 aliphatic carbocycles. The van der Waals surface area contributed by atoms with Crippen LogP contribution in [-0.4, -0.2) is 38.1 Å². The summed E-state index contributed by atoms with van der Waals surface area (Å²) >= 11 is 0. The number of aromatic amines is 1. The maximum atomic E-state index is 12.4. The molecule has 3 rings (SSSR count). The van der Waals surface area contributed by atoms with E-state index in [0.717, 1.165) is 11.3 Å². The summed E-state index contributed by atoms with van der Waals surface area (Å²) < 4.78 is 5.37. The average molecular weight is 328 g/mol. The zero-order valence-corrected chi connectivity index (χ0v) is 14.0. The summed E-state index contributed by atoms with van der Waals surface area (Å²) in [7, 11) is 0. The Morgan fingerprint density at radius 3 is 2.67 bits per heavy atom. The summed E-state index contributed by atoms with van der Waals surface area (Å²) in [4.78, 5) is 37.4. The average Bonchev–Trinajstić information content (AvgIpc) is 2.53. The van der Waals surface area contributed by atoms with E-state index in [1.807, 2.05) is 20.8 Å². The van der Waals surface area contributed by atoms with Crippen molar-refractivity contribution in [2.45, 2.75) is 39.3 Å². The summed E-state index contributed by atoms with van der Waals surface area (Å²) in [5, 5.41) is 0. The van der Waals surface area contributed by atoms with Gasteiger partial charge in [0.15, 0.2) is 0 Å². The van der Waals surface area contributed by atoms with E-state index in [1.54, 1.807) is 24.5 Å². The Morgan fingerprint density at radius 1 is 1.29 bits per heavy atom. The summed E-state index contributed by atoms with van der Waals surface area (Å²) in [5.41, 5.74) is 1.27. The van der Waals surface area contributed by atoms with Gasteiger partial charge < -0.3 is 14.6 Å². The highest BCUT2D eigenvalue weighted by atomic mass is 16.6. The Balaban J connectivity index is 1.86. The smallest absolute Gasteiger partial charge is 0.410 e. The molecule has 0 bridgehead atoms. The Bertz CT molecular complexity index is 809. The van der Waals surface area contributed by atoms with E-state index in [4.69, 9.17) is 4.74 Å². The molecule has 0 atom stereocenters. The Labute approximate surface area is 139 Å². The van der Waals surface area contributed by atoms with Crippen molar-refractivity contribution in [1.29, 1.82) is 0 Å². The van der Waals surface area contributed by atoms with E-state index in [-0.39, 0.29) is 12.1 Å². The molecular formula is C17H20N4O3. The molecule has 1 aliphatic heterocycles. The van der Waals surface area contributed by atoms with Crippen molar-refractivity contribution < 1.29 is 9.53 Å². The molecule has 0 radical (unpaired) electrons. The number of nitrogens with zero attached hydrogens (tertiary/aromatic N) is 3. The fourth-order valence-corrected chi connectivity index (χ4v) is 2.55. The highest BCUT2D eigenvalue weighted by Crippen LogP contribution is 2.20. The number of carbonyl (C=O) groups is 1. The minimum atomic E-state index is -0.562. The van der Waals surface area contributed by atoms with Gasteiger partial charge in [-0.2, -0.15) is 0 Å². The van der Waals surface area contributed by atoms with E-state index in [0.29, 0.717) is 24.4 Å². The first kappa shape index (κ1) is 16.2. The normalized spacial score (nSPS) is 14.2. The van der Waals surface area contributed by atoms with Gasteiger partial charge in [-0.3, -0.25) is 9.78 Å². The van der Waals surface area contributed by atoms with Crippen molar-refractivity contribution in [3.05, 3.63) is 46.1 Å². The number of hydrogen-bond acceptors (Lipinski definition) is 5. The SMILES string of the molecule is CC(C)(C)OC(=O)N1CCc2nc(-c3ccncc3)[nH]c(=O)c2C1. The first-order valence-corrected chi connectivity index (χ1v) is 7.84. The van der Waals surface area contributed by atoms with Gasteiger partial charge in [-0.15, -0.1) is 0 Å². The number of fused-ring (bicyclic) bond motifs is 1. The second-order valence-electron chi connectivity index (χ2n) is 6.73. The fraction of sp³-hybridized carbons (Fsp3) is 0.412. The summed E-state index contributed by atoms with van der Waals surface area (Å²) in [6.07, 6.45) is 3.42. The molecular weight excluding hydrogens is 308 g/mol. The standard InChI is InChI=1S/C17H20N4O3/c1-17(2,3)24-16(23)21-9-6-13-12(10-21)15(22)20-14(19-13)11-4-7-18-8-5-11/h4-5,7-8H,6,9-10H2,1-3H3,(H,19,20,22). The predicted octanol–water partition coefficient (Wildman–Crippen LogP) is 2.13. The zero-order chi connectivity index (χ0) is 17.3. The van der Waals surface area contributed by atoms with E-state index in [9.17, 15) is 9.59 Å². The second-order valence-corrected chi connectivity index (χ2v) is 6.73. The number of rotatable bonds is 1. The molecule has 7 nitrogen and oxygen atoms in total. The monoisotopic (exact) mass is 328 g/mol. The molecule has 0 saturated carbocycles. The minimum Gasteiger partial charge on any atom is -0.444 e. The number of nitrogens with one attached hydrogen (secondary N) is 1. The maximum absolute atomic E-state index is 12.4. The van der Waals surface area contributed by atoms with Crippen molar-refractivity contribution >= 4 is 6.09 Å². The van der Waals surface area contributed by atoms with Crippen molar-refractivity contribution in [2.75, 3.05) is 6.54 Å². The largest absolute Gasteiger partial charge is 0.444 e. The van der Waals surface area contributed by atoms with Gasteiger partial charge in [0.1, 0.15) is 11.4 Å². The van der Waals surface area contributed by atoms with Crippen LogP contribution < -0.4 is 5.56 Å². The number of carbonyl (C=O) groups excluding carboxylic acids is 1. The van der Waals surface area contributed by atoms with Gasteiger partial charge in [0, 0.05) is 30.9 Å². The minimum absolute atomic E-state index is 0.212. The molecule has 1 amide bonds. The van der Waals surface area contributed by atoms with Crippen LogP contribution in [0.1, 0.15) is 32.0 Å². The first-order valence-electron chi connectivity index (χ1n) is 7.84. The van der Waals surface area contributed by atoms with Crippen LogP contribution in [0.3, 0.4) is 0 Å².